The summed E-state index contributed by atoms with van der Waals surface area (Å²) in [5.74, 6) is 0.465. The topological polar surface area (TPSA) is 61.4 Å². The molecular formula is C26H35N3O2. The van der Waals surface area contributed by atoms with Crippen LogP contribution in [0.4, 0.5) is 11.4 Å². The number of hydrogen-bond acceptors (Lipinski definition) is 3. The first-order valence-corrected chi connectivity index (χ1v) is 11.0. The number of likely N-dealkylation sites (N-methyl/N-ethyl adjacent to an activating group) is 1. The van der Waals surface area contributed by atoms with Crippen LogP contribution in [0, 0.1) is 5.92 Å². The van der Waals surface area contributed by atoms with Gasteiger partial charge >= 0.3 is 0 Å². The van der Waals surface area contributed by atoms with Gasteiger partial charge in [0.1, 0.15) is 0 Å². The Morgan fingerprint density at radius 2 is 1.74 bits per heavy atom. The van der Waals surface area contributed by atoms with E-state index < -0.39 is 0 Å². The van der Waals surface area contributed by atoms with Crippen molar-refractivity contribution in [1.29, 1.82) is 0 Å². The Hall–Kier alpha value is -3.08. The summed E-state index contributed by atoms with van der Waals surface area (Å²) in [6.45, 7) is 7.02. The van der Waals surface area contributed by atoms with Gasteiger partial charge in [0.2, 0.25) is 12.3 Å². The van der Waals surface area contributed by atoms with Gasteiger partial charge in [0.05, 0.1) is 11.4 Å². The molecule has 0 saturated heterocycles. The lowest BCUT2D eigenvalue weighted by Gasteiger charge is -2.26. The predicted molar refractivity (Wildman–Crippen MR) is 129 cm³/mol. The highest BCUT2D eigenvalue weighted by Gasteiger charge is 2.13. The van der Waals surface area contributed by atoms with E-state index in [2.05, 4.69) is 54.8 Å². The number of nitrogens with one attached hydrogen (secondary N) is 2. The van der Waals surface area contributed by atoms with Crippen molar-refractivity contribution in [2.45, 2.75) is 46.1 Å². The van der Waals surface area contributed by atoms with Crippen LogP contribution in [0.25, 0.3) is 0 Å². The summed E-state index contributed by atoms with van der Waals surface area (Å²) in [6, 6.07) is 18.0. The lowest BCUT2D eigenvalue weighted by atomic mass is 9.91. The Morgan fingerprint density at radius 1 is 1.06 bits per heavy atom. The Morgan fingerprint density at radius 3 is 2.42 bits per heavy atom. The van der Waals surface area contributed by atoms with Crippen molar-refractivity contribution in [1.82, 2.24) is 5.32 Å². The molecule has 0 aliphatic carbocycles. The molecule has 5 nitrogen and oxygen atoms in total. The van der Waals surface area contributed by atoms with Crippen LogP contribution in [-0.4, -0.2) is 32.0 Å². The van der Waals surface area contributed by atoms with E-state index in [0.29, 0.717) is 25.3 Å². The molecule has 2 amide bonds. The van der Waals surface area contributed by atoms with Gasteiger partial charge in [0.25, 0.3) is 0 Å². The molecule has 1 unspecified atom stereocenters. The molecule has 0 spiro atoms. The van der Waals surface area contributed by atoms with E-state index >= 15 is 0 Å². The van der Waals surface area contributed by atoms with E-state index in [9.17, 15) is 9.59 Å². The van der Waals surface area contributed by atoms with E-state index in [-0.39, 0.29) is 11.9 Å². The molecule has 2 N–H and O–H groups in total. The second kappa shape index (κ2) is 12.6. The summed E-state index contributed by atoms with van der Waals surface area (Å²) in [4.78, 5) is 25.4. The molecule has 166 valence electrons. The standard InChI is InChI=1S/C26H35N3O2/c1-5-20(2)23(17-22-11-7-6-8-12-22)15-16-26(31)28-21(3)18-29(4)25-14-10-9-13-24(25)27-19-30/h6-15,19-21H,5,16-18H2,1-4H3,(H,27,30)(H,28,31)/b23-15-/t20?,21-/m1/s1. The number of carbonyl (C=O) groups is 2. The van der Waals surface area contributed by atoms with Gasteiger partial charge in [0, 0.05) is 26.1 Å². The fraction of sp³-hybridized carbons (Fsp3) is 0.385. The van der Waals surface area contributed by atoms with Crippen LogP contribution in [-0.2, 0) is 16.0 Å². The number of para-hydroxylation sites is 2. The maximum absolute atomic E-state index is 12.6. The second-order valence-electron chi connectivity index (χ2n) is 8.08. The van der Waals surface area contributed by atoms with Crippen molar-refractivity contribution < 1.29 is 9.59 Å². The average molecular weight is 422 g/mol. The zero-order valence-corrected chi connectivity index (χ0v) is 19.1. The summed E-state index contributed by atoms with van der Waals surface area (Å²) >= 11 is 0. The van der Waals surface area contributed by atoms with Gasteiger partial charge in [-0.25, -0.2) is 0 Å². The number of carbonyl (C=O) groups excluding carboxylic acids is 2. The molecule has 2 aromatic carbocycles. The highest BCUT2D eigenvalue weighted by molar-refractivity contribution is 5.81. The Balaban J connectivity index is 1.94. The molecule has 0 fully saturated rings. The molecule has 2 atom stereocenters. The molecule has 31 heavy (non-hydrogen) atoms. The number of rotatable bonds is 12. The normalized spacial score (nSPS) is 13.2. The van der Waals surface area contributed by atoms with Crippen LogP contribution >= 0.6 is 0 Å². The van der Waals surface area contributed by atoms with Crippen LogP contribution in [0.5, 0.6) is 0 Å². The van der Waals surface area contributed by atoms with Gasteiger partial charge in [-0.15, -0.1) is 0 Å². The predicted octanol–water partition coefficient (Wildman–Crippen LogP) is 4.80. The summed E-state index contributed by atoms with van der Waals surface area (Å²) in [7, 11) is 1.95. The number of nitrogens with zero attached hydrogens (tertiary/aromatic N) is 1. The minimum atomic E-state index is -0.0311. The van der Waals surface area contributed by atoms with Crippen LogP contribution < -0.4 is 15.5 Å². The van der Waals surface area contributed by atoms with Gasteiger partial charge < -0.3 is 15.5 Å². The fourth-order valence-corrected chi connectivity index (χ4v) is 3.65. The van der Waals surface area contributed by atoms with E-state index in [0.717, 1.165) is 24.2 Å². The summed E-state index contributed by atoms with van der Waals surface area (Å²) in [6.07, 6.45) is 5.08. The van der Waals surface area contributed by atoms with Crippen molar-refractivity contribution in [3.8, 4) is 0 Å². The van der Waals surface area contributed by atoms with E-state index in [1.165, 1.54) is 11.1 Å². The van der Waals surface area contributed by atoms with Crippen LogP contribution in [0.15, 0.2) is 66.2 Å². The third-order valence-electron chi connectivity index (χ3n) is 5.53. The minimum Gasteiger partial charge on any atom is -0.371 e. The Kier molecular flexibility index (Phi) is 9.82. The lowest BCUT2D eigenvalue weighted by molar-refractivity contribution is -0.120. The smallest absolute Gasteiger partial charge is 0.224 e. The SMILES string of the molecule is CCC(C)/C(=C\CC(=O)N[C@H](C)CN(C)c1ccccc1NC=O)Cc1ccccc1. The Labute approximate surface area is 186 Å². The largest absolute Gasteiger partial charge is 0.371 e. The van der Waals surface area contributed by atoms with Gasteiger partial charge in [0.15, 0.2) is 0 Å². The molecular weight excluding hydrogens is 386 g/mol. The highest BCUT2D eigenvalue weighted by atomic mass is 16.1. The molecule has 5 heteroatoms. The van der Waals surface area contributed by atoms with Crippen LogP contribution in [0.3, 0.4) is 0 Å². The van der Waals surface area contributed by atoms with Crippen molar-refractivity contribution in [3.63, 3.8) is 0 Å². The fourth-order valence-electron chi connectivity index (χ4n) is 3.65. The number of hydrogen-bond donors (Lipinski definition) is 2. The molecule has 0 saturated carbocycles. The number of amides is 2. The first-order chi connectivity index (χ1) is 14.9. The van der Waals surface area contributed by atoms with E-state index in [1.54, 1.807) is 0 Å². The van der Waals surface area contributed by atoms with Crippen LogP contribution in [0.1, 0.15) is 39.2 Å². The van der Waals surface area contributed by atoms with Gasteiger partial charge in [-0.1, -0.05) is 68.0 Å². The quantitative estimate of drug-likeness (QED) is 0.382. The Bertz CT molecular complexity index is 864. The molecule has 0 aliphatic rings. The summed E-state index contributed by atoms with van der Waals surface area (Å²) in [5.41, 5.74) is 4.24. The minimum absolute atomic E-state index is 0.0223. The zero-order valence-electron chi connectivity index (χ0n) is 19.1. The number of benzene rings is 2. The zero-order chi connectivity index (χ0) is 22.6. The molecule has 0 heterocycles. The molecule has 2 aromatic rings. The number of allylic oxidation sites excluding steroid dienone is 1. The molecule has 0 bridgehead atoms. The molecule has 0 aliphatic heterocycles. The first-order valence-electron chi connectivity index (χ1n) is 11.0. The highest BCUT2D eigenvalue weighted by Crippen LogP contribution is 2.24. The van der Waals surface area contributed by atoms with Crippen molar-refractivity contribution in [3.05, 3.63) is 71.8 Å². The monoisotopic (exact) mass is 421 g/mol. The van der Waals surface area contributed by atoms with E-state index in [4.69, 9.17) is 0 Å². The molecule has 0 radical (unpaired) electrons. The van der Waals surface area contributed by atoms with Gasteiger partial charge in [-0.2, -0.15) is 0 Å². The molecule has 2 rings (SSSR count). The van der Waals surface area contributed by atoms with Crippen LogP contribution in [0.2, 0.25) is 0 Å². The van der Waals surface area contributed by atoms with E-state index in [1.807, 2.05) is 49.2 Å². The third-order valence-corrected chi connectivity index (χ3v) is 5.53. The van der Waals surface area contributed by atoms with Gasteiger partial charge in [-0.3, -0.25) is 9.59 Å². The van der Waals surface area contributed by atoms with Crippen molar-refractivity contribution >= 4 is 23.7 Å². The summed E-state index contributed by atoms with van der Waals surface area (Å²) < 4.78 is 0. The number of anilines is 2. The second-order valence-corrected chi connectivity index (χ2v) is 8.08. The van der Waals surface area contributed by atoms with Crippen molar-refractivity contribution in [2.24, 2.45) is 5.92 Å². The first kappa shape index (κ1) is 24.2. The average Bonchev–Trinajstić information content (AvgIpc) is 2.77. The lowest BCUT2D eigenvalue weighted by Crippen LogP contribution is -2.40. The maximum atomic E-state index is 12.6. The van der Waals surface area contributed by atoms with Gasteiger partial charge in [-0.05, 0) is 43.4 Å². The maximum Gasteiger partial charge on any atom is 0.224 e. The third kappa shape index (κ3) is 7.93. The summed E-state index contributed by atoms with van der Waals surface area (Å²) in [5, 5.41) is 5.82. The van der Waals surface area contributed by atoms with Crippen molar-refractivity contribution in [2.75, 3.05) is 23.8 Å². The molecule has 0 aromatic heterocycles.